The topological polar surface area (TPSA) is 104 Å². The highest BCUT2D eigenvalue weighted by molar-refractivity contribution is 5.84. The Labute approximate surface area is 91.9 Å². The summed E-state index contributed by atoms with van der Waals surface area (Å²) in [5.41, 5.74) is 0. The summed E-state index contributed by atoms with van der Waals surface area (Å²) in [6.45, 7) is 1.32. The van der Waals surface area contributed by atoms with Crippen LogP contribution >= 0.6 is 0 Å². The highest BCUT2D eigenvalue weighted by Gasteiger charge is 2.03. The lowest BCUT2D eigenvalue weighted by Gasteiger charge is -2.05. The Morgan fingerprint density at radius 3 is 2.81 bits per heavy atom. The SMILES string of the molecule is Cc1nccc(NCC(=O)NCC(=O)O)n1. The van der Waals surface area contributed by atoms with Gasteiger partial charge in [0.2, 0.25) is 5.91 Å². The molecule has 0 aromatic carbocycles. The van der Waals surface area contributed by atoms with Crippen LogP contribution in [0.4, 0.5) is 5.82 Å². The number of aromatic nitrogens is 2. The first-order valence-electron chi connectivity index (χ1n) is 4.60. The number of hydrogen-bond donors (Lipinski definition) is 3. The molecule has 1 amide bonds. The average molecular weight is 224 g/mol. The average Bonchev–Trinajstić information content (AvgIpc) is 2.23. The summed E-state index contributed by atoms with van der Waals surface area (Å²) in [5.74, 6) is -0.362. The molecule has 7 nitrogen and oxygen atoms in total. The van der Waals surface area contributed by atoms with E-state index in [1.54, 1.807) is 19.2 Å². The van der Waals surface area contributed by atoms with E-state index in [0.717, 1.165) is 0 Å². The lowest BCUT2D eigenvalue weighted by atomic mass is 10.5. The van der Waals surface area contributed by atoms with Gasteiger partial charge >= 0.3 is 5.97 Å². The molecule has 1 aromatic heterocycles. The Morgan fingerprint density at radius 1 is 1.44 bits per heavy atom. The second kappa shape index (κ2) is 5.64. The fourth-order valence-electron chi connectivity index (χ4n) is 0.962. The number of carbonyl (C=O) groups excluding carboxylic acids is 1. The summed E-state index contributed by atoms with van der Waals surface area (Å²) in [4.78, 5) is 29.2. The summed E-state index contributed by atoms with van der Waals surface area (Å²) >= 11 is 0. The van der Waals surface area contributed by atoms with Gasteiger partial charge in [-0.05, 0) is 13.0 Å². The van der Waals surface area contributed by atoms with Crippen LogP contribution in [0, 0.1) is 6.92 Å². The second-order valence-electron chi connectivity index (χ2n) is 3.01. The molecule has 3 N–H and O–H groups in total. The van der Waals surface area contributed by atoms with Gasteiger partial charge in [-0.2, -0.15) is 0 Å². The molecule has 1 rings (SSSR count). The summed E-state index contributed by atoms with van der Waals surface area (Å²) in [7, 11) is 0. The summed E-state index contributed by atoms with van der Waals surface area (Å²) < 4.78 is 0. The maximum Gasteiger partial charge on any atom is 0.322 e. The van der Waals surface area contributed by atoms with Crippen molar-refractivity contribution in [1.29, 1.82) is 0 Å². The molecule has 0 aliphatic carbocycles. The second-order valence-corrected chi connectivity index (χ2v) is 3.01. The van der Waals surface area contributed by atoms with Crippen molar-refractivity contribution in [3.05, 3.63) is 18.1 Å². The molecule has 1 aromatic rings. The number of rotatable bonds is 5. The molecule has 16 heavy (non-hydrogen) atoms. The predicted molar refractivity (Wildman–Crippen MR) is 55.9 cm³/mol. The monoisotopic (exact) mass is 224 g/mol. The van der Waals surface area contributed by atoms with Crippen LogP contribution in [-0.2, 0) is 9.59 Å². The van der Waals surface area contributed by atoms with Gasteiger partial charge in [0.25, 0.3) is 0 Å². The van der Waals surface area contributed by atoms with Gasteiger partial charge in [0.05, 0.1) is 6.54 Å². The molecule has 0 spiro atoms. The first-order chi connectivity index (χ1) is 7.58. The Morgan fingerprint density at radius 2 is 2.19 bits per heavy atom. The van der Waals surface area contributed by atoms with Crippen LogP contribution < -0.4 is 10.6 Å². The highest BCUT2D eigenvalue weighted by Crippen LogP contribution is 1.99. The molecule has 0 aliphatic heterocycles. The summed E-state index contributed by atoms with van der Waals surface area (Å²) in [6, 6.07) is 1.62. The molecular weight excluding hydrogens is 212 g/mol. The maximum absolute atomic E-state index is 11.1. The quantitative estimate of drug-likeness (QED) is 0.616. The molecule has 0 atom stereocenters. The number of nitrogens with one attached hydrogen (secondary N) is 2. The van der Waals surface area contributed by atoms with E-state index in [1.807, 2.05) is 0 Å². The standard InChI is InChI=1S/C9H12N4O3/c1-6-10-3-2-7(13-6)11-4-8(14)12-5-9(15)16/h2-3H,4-5H2,1H3,(H,12,14)(H,15,16)(H,10,11,13). The highest BCUT2D eigenvalue weighted by atomic mass is 16.4. The number of carboxylic acid groups (broad SMARTS) is 1. The lowest BCUT2D eigenvalue weighted by Crippen LogP contribution is -2.34. The maximum atomic E-state index is 11.1. The van der Waals surface area contributed by atoms with Crippen molar-refractivity contribution < 1.29 is 14.7 Å². The van der Waals surface area contributed by atoms with Crippen molar-refractivity contribution in [2.75, 3.05) is 18.4 Å². The zero-order valence-electron chi connectivity index (χ0n) is 8.73. The molecule has 0 aliphatic rings. The number of carboxylic acids is 1. The minimum Gasteiger partial charge on any atom is -0.480 e. The van der Waals surface area contributed by atoms with E-state index in [1.165, 1.54) is 0 Å². The van der Waals surface area contributed by atoms with Crippen molar-refractivity contribution in [3.8, 4) is 0 Å². The van der Waals surface area contributed by atoms with Gasteiger partial charge in [-0.3, -0.25) is 9.59 Å². The Kier molecular flexibility index (Phi) is 4.19. The van der Waals surface area contributed by atoms with Gasteiger partial charge in [0.1, 0.15) is 18.2 Å². The van der Waals surface area contributed by atoms with Crippen molar-refractivity contribution in [1.82, 2.24) is 15.3 Å². The van der Waals surface area contributed by atoms with Gasteiger partial charge in [0, 0.05) is 6.20 Å². The van der Waals surface area contributed by atoms with Crippen molar-refractivity contribution in [2.45, 2.75) is 6.92 Å². The molecule has 0 radical (unpaired) electrons. The van der Waals surface area contributed by atoms with E-state index >= 15 is 0 Å². The number of carbonyl (C=O) groups is 2. The minimum absolute atomic E-state index is 0.0241. The molecule has 0 saturated heterocycles. The molecule has 0 fully saturated rings. The molecule has 86 valence electrons. The van der Waals surface area contributed by atoms with Crippen LogP contribution in [0.3, 0.4) is 0 Å². The third-order valence-corrected chi connectivity index (χ3v) is 1.64. The van der Waals surface area contributed by atoms with Crippen LogP contribution in [0.15, 0.2) is 12.3 Å². The third-order valence-electron chi connectivity index (χ3n) is 1.64. The largest absolute Gasteiger partial charge is 0.480 e. The van der Waals surface area contributed by atoms with Crippen molar-refractivity contribution >= 4 is 17.7 Å². The zero-order valence-corrected chi connectivity index (χ0v) is 8.73. The van der Waals surface area contributed by atoms with Gasteiger partial charge in [0.15, 0.2) is 0 Å². The van der Waals surface area contributed by atoms with Gasteiger partial charge in [-0.1, -0.05) is 0 Å². The van der Waals surface area contributed by atoms with Crippen LogP contribution in [0.1, 0.15) is 5.82 Å². The zero-order chi connectivity index (χ0) is 12.0. The first-order valence-corrected chi connectivity index (χ1v) is 4.60. The number of anilines is 1. The fourth-order valence-corrected chi connectivity index (χ4v) is 0.962. The predicted octanol–water partition coefficient (Wildman–Crippen LogP) is -0.602. The van der Waals surface area contributed by atoms with Crippen molar-refractivity contribution in [3.63, 3.8) is 0 Å². The first kappa shape index (κ1) is 11.9. The summed E-state index contributed by atoms with van der Waals surface area (Å²) in [5, 5.41) is 13.3. The number of aliphatic carboxylic acids is 1. The molecule has 0 unspecified atom stereocenters. The van der Waals surface area contributed by atoms with E-state index in [2.05, 4.69) is 20.6 Å². The van der Waals surface area contributed by atoms with Crippen LogP contribution in [0.5, 0.6) is 0 Å². The Hall–Kier alpha value is -2.18. The molecule has 7 heteroatoms. The van der Waals surface area contributed by atoms with Crippen LogP contribution in [0.25, 0.3) is 0 Å². The van der Waals surface area contributed by atoms with Crippen molar-refractivity contribution in [2.24, 2.45) is 0 Å². The molecular formula is C9H12N4O3. The lowest BCUT2D eigenvalue weighted by molar-refractivity contribution is -0.137. The van der Waals surface area contributed by atoms with Gasteiger partial charge in [-0.25, -0.2) is 9.97 Å². The minimum atomic E-state index is -1.08. The fraction of sp³-hybridized carbons (Fsp3) is 0.333. The number of aryl methyl sites for hydroxylation is 1. The Bertz CT molecular complexity index is 394. The molecule has 0 bridgehead atoms. The van der Waals surface area contributed by atoms with E-state index < -0.39 is 11.9 Å². The normalized spacial score (nSPS) is 9.56. The van der Waals surface area contributed by atoms with Gasteiger partial charge < -0.3 is 15.7 Å². The van der Waals surface area contributed by atoms with E-state index in [0.29, 0.717) is 11.6 Å². The van der Waals surface area contributed by atoms with E-state index in [-0.39, 0.29) is 13.1 Å². The van der Waals surface area contributed by atoms with Crippen LogP contribution in [0.2, 0.25) is 0 Å². The molecule has 0 saturated carbocycles. The summed E-state index contributed by atoms with van der Waals surface area (Å²) in [6.07, 6.45) is 1.57. The van der Waals surface area contributed by atoms with E-state index in [4.69, 9.17) is 5.11 Å². The smallest absolute Gasteiger partial charge is 0.322 e. The van der Waals surface area contributed by atoms with E-state index in [9.17, 15) is 9.59 Å². The Balaban J connectivity index is 2.34. The number of hydrogen-bond acceptors (Lipinski definition) is 5. The van der Waals surface area contributed by atoms with Crippen LogP contribution in [-0.4, -0.2) is 40.0 Å². The third kappa shape index (κ3) is 4.36. The van der Waals surface area contributed by atoms with Gasteiger partial charge in [-0.15, -0.1) is 0 Å². The number of amides is 1. The molecule has 1 heterocycles. The number of nitrogens with zero attached hydrogens (tertiary/aromatic N) is 2.